The molecule has 1 aliphatic rings. The normalized spacial score (nSPS) is 15.6. The predicted molar refractivity (Wildman–Crippen MR) is 84.2 cm³/mol. The number of alkyl halides is 5. The highest BCUT2D eigenvalue weighted by Crippen LogP contribution is 2.42. The maximum Gasteiger partial charge on any atom is 0.461 e. The molecule has 3 rings (SSSR count). The van der Waals surface area contributed by atoms with Crippen molar-refractivity contribution in [1.82, 2.24) is 14.8 Å². The van der Waals surface area contributed by atoms with Crippen LogP contribution < -0.4 is 0 Å². The summed E-state index contributed by atoms with van der Waals surface area (Å²) in [4.78, 5) is 4.15. The van der Waals surface area contributed by atoms with E-state index in [1.807, 2.05) is 13.0 Å². The SMILES string of the molecule is Cc1cc(C)c(-n2cnc(C(F)(F)C(F)(F)F)n2)cc1SCC1CC1. The number of rotatable bonds is 5. The van der Waals surface area contributed by atoms with Crippen LogP contribution in [0.4, 0.5) is 22.0 Å². The Morgan fingerprint density at radius 3 is 2.40 bits per heavy atom. The van der Waals surface area contributed by atoms with Crippen molar-refractivity contribution in [3.63, 3.8) is 0 Å². The molecule has 25 heavy (non-hydrogen) atoms. The maximum absolute atomic E-state index is 13.4. The average molecular weight is 377 g/mol. The van der Waals surface area contributed by atoms with Gasteiger partial charge in [-0.05, 0) is 49.8 Å². The van der Waals surface area contributed by atoms with Crippen LogP contribution in [0, 0.1) is 19.8 Å². The van der Waals surface area contributed by atoms with Crippen molar-refractivity contribution in [1.29, 1.82) is 0 Å². The molecular weight excluding hydrogens is 361 g/mol. The molecule has 1 aliphatic carbocycles. The molecule has 1 aromatic carbocycles. The van der Waals surface area contributed by atoms with Crippen LogP contribution in [0.25, 0.3) is 5.69 Å². The Kier molecular flexibility index (Phi) is 4.55. The fraction of sp³-hybridized carbons (Fsp3) is 0.500. The van der Waals surface area contributed by atoms with Gasteiger partial charge in [-0.25, -0.2) is 9.67 Å². The lowest BCUT2D eigenvalue weighted by Crippen LogP contribution is -2.34. The Labute approximate surface area is 145 Å². The topological polar surface area (TPSA) is 30.7 Å². The highest BCUT2D eigenvalue weighted by atomic mass is 32.2. The van der Waals surface area contributed by atoms with E-state index in [-0.39, 0.29) is 0 Å². The van der Waals surface area contributed by atoms with Gasteiger partial charge >= 0.3 is 12.1 Å². The number of nitrogens with zero attached hydrogens (tertiary/aromatic N) is 3. The van der Waals surface area contributed by atoms with Crippen LogP contribution in [0.5, 0.6) is 0 Å². The molecule has 0 amide bonds. The second-order valence-corrected chi connectivity index (χ2v) is 7.31. The van der Waals surface area contributed by atoms with Gasteiger partial charge in [0.05, 0.1) is 5.69 Å². The summed E-state index contributed by atoms with van der Waals surface area (Å²) in [5, 5.41) is 3.38. The van der Waals surface area contributed by atoms with Crippen LogP contribution in [0.3, 0.4) is 0 Å². The van der Waals surface area contributed by atoms with Gasteiger partial charge < -0.3 is 0 Å². The van der Waals surface area contributed by atoms with Crippen molar-refractivity contribution in [3.05, 3.63) is 35.4 Å². The van der Waals surface area contributed by atoms with Crippen molar-refractivity contribution in [2.75, 3.05) is 5.75 Å². The molecule has 1 saturated carbocycles. The molecule has 0 spiro atoms. The van der Waals surface area contributed by atoms with E-state index in [0.717, 1.165) is 32.8 Å². The Bertz CT molecular complexity index is 781. The van der Waals surface area contributed by atoms with Gasteiger partial charge in [-0.1, -0.05) is 6.07 Å². The number of thioether (sulfide) groups is 1. The molecule has 0 unspecified atom stereocenters. The number of aromatic nitrogens is 3. The third kappa shape index (κ3) is 3.65. The minimum absolute atomic E-state index is 0.445. The summed E-state index contributed by atoms with van der Waals surface area (Å²) in [6, 6.07) is 3.63. The standard InChI is InChI=1S/C16H16F5N3S/c1-9-5-10(2)13(25-7-11-3-4-11)6-12(9)24-8-22-14(23-24)15(17,18)16(19,20)21/h5-6,8,11H,3-4,7H2,1-2H3. The Morgan fingerprint density at radius 1 is 1.12 bits per heavy atom. The maximum atomic E-state index is 13.4. The van der Waals surface area contributed by atoms with Gasteiger partial charge in [0.2, 0.25) is 5.82 Å². The third-order valence-corrected chi connectivity index (χ3v) is 5.43. The van der Waals surface area contributed by atoms with Gasteiger partial charge in [0.15, 0.2) is 0 Å². The predicted octanol–water partition coefficient (Wildman–Crippen LogP) is 5.04. The van der Waals surface area contributed by atoms with Crippen molar-refractivity contribution in [2.45, 2.75) is 43.7 Å². The van der Waals surface area contributed by atoms with Crippen molar-refractivity contribution in [3.8, 4) is 5.69 Å². The summed E-state index contributed by atoms with van der Waals surface area (Å²) in [7, 11) is 0. The van der Waals surface area contributed by atoms with Crippen molar-refractivity contribution >= 4 is 11.8 Å². The van der Waals surface area contributed by atoms with Gasteiger partial charge in [-0.3, -0.25) is 0 Å². The molecule has 1 aromatic heterocycles. The molecule has 0 bridgehead atoms. The average Bonchev–Trinajstić information content (AvgIpc) is 3.19. The number of hydrogen-bond acceptors (Lipinski definition) is 3. The third-order valence-electron chi connectivity index (χ3n) is 4.04. The first-order valence-electron chi connectivity index (χ1n) is 7.70. The summed E-state index contributed by atoms with van der Waals surface area (Å²) in [5.41, 5.74) is 2.20. The van der Waals surface area contributed by atoms with E-state index in [2.05, 4.69) is 10.1 Å². The van der Waals surface area contributed by atoms with Crippen LogP contribution >= 0.6 is 11.8 Å². The first-order chi connectivity index (χ1) is 11.6. The molecule has 0 N–H and O–H groups in total. The first kappa shape index (κ1) is 18.2. The molecule has 9 heteroatoms. The van der Waals surface area contributed by atoms with Gasteiger partial charge in [-0.2, -0.15) is 22.0 Å². The van der Waals surface area contributed by atoms with Gasteiger partial charge in [0, 0.05) is 10.6 Å². The molecule has 2 aromatic rings. The zero-order valence-corrected chi connectivity index (χ0v) is 14.4. The van der Waals surface area contributed by atoms with E-state index in [4.69, 9.17) is 0 Å². The van der Waals surface area contributed by atoms with E-state index in [1.54, 1.807) is 24.8 Å². The van der Waals surface area contributed by atoms with Crippen molar-refractivity contribution < 1.29 is 22.0 Å². The van der Waals surface area contributed by atoms with Crippen LogP contribution in [-0.2, 0) is 5.92 Å². The quantitative estimate of drug-likeness (QED) is 0.540. The van der Waals surface area contributed by atoms with E-state index in [0.29, 0.717) is 11.6 Å². The molecule has 3 nitrogen and oxygen atoms in total. The molecular formula is C16H16F5N3S. The summed E-state index contributed by atoms with van der Waals surface area (Å²) in [6.07, 6.45) is -2.41. The molecule has 1 fully saturated rings. The molecule has 0 atom stereocenters. The van der Waals surface area contributed by atoms with Gasteiger partial charge in [-0.15, -0.1) is 16.9 Å². The largest absolute Gasteiger partial charge is 0.461 e. The second kappa shape index (κ2) is 6.26. The molecule has 0 aliphatic heterocycles. The molecule has 0 saturated heterocycles. The second-order valence-electron chi connectivity index (χ2n) is 6.24. The van der Waals surface area contributed by atoms with E-state index in [9.17, 15) is 22.0 Å². The van der Waals surface area contributed by atoms with E-state index < -0.39 is 17.9 Å². The minimum Gasteiger partial charge on any atom is -0.220 e. The fourth-order valence-electron chi connectivity index (χ4n) is 2.37. The molecule has 0 radical (unpaired) electrons. The van der Waals surface area contributed by atoms with E-state index >= 15 is 0 Å². The van der Waals surface area contributed by atoms with Crippen LogP contribution in [0.1, 0.15) is 29.8 Å². The van der Waals surface area contributed by atoms with Crippen LogP contribution in [0.2, 0.25) is 0 Å². The summed E-state index contributed by atoms with van der Waals surface area (Å²) < 4.78 is 65.1. The molecule has 136 valence electrons. The summed E-state index contributed by atoms with van der Waals surface area (Å²) >= 11 is 1.66. The molecule has 1 heterocycles. The Morgan fingerprint density at radius 2 is 1.80 bits per heavy atom. The lowest BCUT2D eigenvalue weighted by Gasteiger charge is -2.16. The highest BCUT2D eigenvalue weighted by molar-refractivity contribution is 7.99. The lowest BCUT2D eigenvalue weighted by molar-refractivity contribution is -0.292. The minimum atomic E-state index is -5.73. The van der Waals surface area contributed by atoms with Crippen LogP contribution in [0.15, 0.2) is 23.4 Å². The van der Waals surface area contributed by atoms with E-state index in [1.165, 1.54) is 12.8 Å². The zero-order chi connectivity index (χ0) is 18.4. The fourth-order valence-corrected chi connectivity index (χ4v) is 3.60. The number of benzene rings is 1. The lowest BCUT2D eigenvalue weighted by atomic mass is 10.1. The summed E-state index contributed by atoms with van der Waals surface area (Å²) in [6.45, 7) is 3.69. The van der Waals surface area contributed by atoms with Crippen molar-refractivity contribution in [2.24, 2.45) is 5.92 Å². The number of halogens is 5. The Hall–Kier alpha value is -1.64. The van der Waals surface area contributed by atoms with Crippen LogP contribution in [-0.4, -0.2) is 26.7 Å². The number of hydrogen-bond donors (Lipinski definition) is 0. The summed E-state index contributed by atoms with van der Waals surface area (Å²) in [5.74, 6) is -4.96. The smallest absolute Gasteiger partial charge is 0.220 e. The van der Waals surface area contributed by atoms with Gasteiger partial charge in [0.25, 0.3) is 0 Å². The number of aryl methyl sites for hydroxylation is 2. The Balaban J connectivity index is 1.92. The zero-order valence-electron chi connectivity index (χ0n) is 13.6. The van der Waals surface area contributed by atoms with Gasteiger partial charge in [0.1, 0.15) is 6.33 Å². The monoisotopic (exact) mass is 377 g/mol. The highest BCUT2D eigenvalue weighted by Gasteiger charge is 2.61. The first-order valence-corrected chi connectivity index (χ1v) is 8.69.